The van der Waals surface area contributed by atoms with Crippen LogP contribution < -0.4 is 19.5 Å². The largest absolute Gasteiger partial charge is 0.493 e. The summed E-state index contributed by atoms with van der Waals surface area (Å²) < 4.78 is 16.9. The van der Waals surface area contributed by atoms with Crippen LogP contribution in [0.5, 0.6) is 17.2 Å². The molecule has 2 aliphatic heterocycles. The van der Waals surface area contributed by atoms with Crippen molar-refractivity contribution in [2.24, 2.45) is 0 Å². The molecule has 0 aromatic heterocycles. The van der Waals surface area contributed by atoms with Crippen LogP contribution in [0, 0.1) is 0 Å². The molecule has 2 heterocycles. The van der Waals surface area contributed by atoms with Crippen molar-refractivity contribution >= 4 is 11.6 Å². The van der Waals surface area contributed by atoms with Gasteiger partial charge < -0.3 is 24.4 Å². The van der Waals surface area contributed by atoms with E-state index in [-0.39, 0.29) is 12.1 Å². The lowest BCUT2D eigenvalue weighted by Crippen LogP contribution is -2.43. The first kappa shape index (κ1) is 16.6. The fourth-order valence-corrected chi connectivity index (χ4v) is 3.48. The number of methoxy groups -OCH3 is 1. The maximum absolute atomic E-state index is 13.0. The Bertz CT molecular complexity index is 819. The molecule has 2 aromatic carbocycles. The maximum Gasteiger partial charge on any atom is 0.257 e. The molecule has 2 aromatic rings. The summed E-state index contributed by atoms with van der Waals surface area (Å²) in [5.41, 5.74) is 2.44. The van der Waals surface area contributed by atoms with Crippen LogP contribution in [0.15, 0.2) is 36.4 Å². The van der Waals surface area contributed by atoms with Crippen LogP contribution >= 0.6 is 0 Å². The van der Waals surface area contributed by atoms with Crippen molar-refractivity contribution in [1.29, 1.82) is 0 Å². The fraction of sp³-hybridized carbons (Fsp3) is 0.350. The molecule has 1 amide bonds. The second-order valence-corrected chi connectivity index (χ2v) is 6.34. The van der Waals surface area contributed by atoms with Gasteiger partial charge in [0.15, 0.2) is 11.5 Å². The Balaban J connectivity index is 1.79. The lowest BCUT2D eigenvalue weighted by Gasteiger charge is -2.38. The summed E-state index contributed by atoms with van der Waals surface area (Å²) in [7, 11) is 1.61. The molecule has 6 heteroatoms. The minimum Gasteiger partial charge on any atom is -0.493 e. The van der Waals surface area contributed by atoms with Gasteiger partial charge in [-0.05, 0) is 30.7 Å². The number of fused-ring (bicyclic) bond motifs is 2. The van der Waals surface area contributed by atoms with Crippen molar-refractivity contribution in [2.75, 3.05) is 32.2 Å². The predicted octanol–water partition coefficient (Wildman–Crippen LogP) is 3.44. The van der Waals surface area contributed by atoms with Crippen LogP contribution in [0.4, 0.5) is 5.69 Å². The van der Waals surface area contributed by atoms with Gasteiger partial charge in [-0.2, -0.15) is 0 Å². The first-order valence-electron chi connectivity index (χ1n) is 8.87. The molecule has 0 radical (unpaired) electrons. The molecule has 0 aliphatic carbocycles. The highest BCUT2D eigenvalue weighted by atomic mass is 16.6. The second-order valence-electron chi connectivity index (χ2n) is 6.34. The van der Waals surface area contributed by atoms with Crippen LogP contribution in [0.25, 0.3) is 0 Å². The molecule has 0 bridgehead atoms. The van der Waals surface area contributed by atoms with Crippen molar-refractivity contribution in [3.05, 3.63) is 47.5 Å². The van der Waals surface area contributed by atoms with Gasteiger partial charge in [0.1, 0.15) is 19.4 Å². The maximum atomic E-state index is 13.0. The van der Waals surface area contributed by atoms with Gasteiger partial charge >= 0.3 is 0 Å². The van der Waals surface area contributed by atoms with E-state index in [0.717, 1.165) is 17.7 Å². The molecule has 6 nitrogen and oxygen atoms in total. The number of hydrogen-bond donors (Lipinski definition) is 1. The Labute approximate surface area is 152 Å². The van der Waals surface area contributed by atoms with Crippen LogP contribution in [0.3, 0.4) is 0 Å². The predicted molar refractivity (Wildman–Crippen MR) is 98.1 cm³/mol. The average molecular weight is 354 g/mol. The average Bonchev–Trinajstić information content (AvgIpc) is 2.69. The fourth-order valence-electron chi connectivity index (χ4n) is 3.48. The zero-order valence-corrected chi connectivity index (χ0v) is 15.0. The Morgan fingerprint density at radius 3 is 2.85 bits per heavy atom. The third-order valence-corrected chi connectivity index (χ3v) is 4.65. The first-order chi connectivity index (χ1) is 12.7. The van der Waals surface area contributed by atoms with Crippen molar-refractivity contribution in [3.63, 3.8) is 0 Å². The summed E-state index contributed by atoms with van der Waals surface area (Å²) in [6, 6.07) is 11.4. The van der Waals surface area contributed by atoms with Crippen molar-refractivity contribution < 1.29 is 19.0 Å². The zero-order chi connectivity index (χ0) is 18.1. The highest BCUT2D eigenvalue weighted by Crippen LogP contribution is 2.43. The highest BCUT2D eigenvalue weighted by molar-refractivity contribution is 6.01. The molecular formula is C20H22N2O4. The lowest BCUT2D eigenvalue weighted by molar-refractivity contribution is 0.0682. The summed E-state index contributed by atoms with van der Waals surface area (Å²) in [4.78, 5) is 14.9. The lowest BCUT2D eigenvalue weighted by atomic mass is 10.0. The molecule has 2 aliphatic rings. The number of carbonyl (C=O) groups excluding carboxylic acids is 1. The number of rotatable bonds is 4. The van der Waals surface area contributed by atoms with E-state index in [1.807, 2.05) is 41.3 Å². The quantitative estimate of drug-likeness (QED) is 0.911. The molecule has 4 rings (SSSR count). The summed E-state index contributed by atoms with van der Waals surface area (Å²) >= 11 is 0. The molecule has 1 N–H and O–H groups in total. The van der Waals surface area contributed by atoms with E-state index < -0.39 is 0 Å². The molecule has 0 saturated heterocycles. The number of benzene rings is 2. The number of anilines is 1. The minimum atomic E-state index is -0.290. The van der Waals surface area contributed by atoms with E-state index in [4.69, 9.17) is 14.2 Å². The first-order valence-corrected chi connectivity index (χ1v) is 8.87. The van der Waals surface area contributed by atoms with Crippen LogP contribution in [0.1, 0.15) is 35.4 Å². The van der Waals surface area contributed by atoms with Gasteiger partial charge in [-0.3, -0.25) is 4.79 Å². The molecule has 0 spiro atoms. The standard InChI is InChI=1S/C20H22N2O4/c1-3-8-22-19(21-15-7-5-4-6-14(15)20(22)23)13-11-16(24-2)18-17(12-13)25-9-10-26-18/h4-7,11-12,19,21H,3,8-10H2,1-2H3/t19-/m0/s1. The number of ether oxygens (including phenoxy) is 3. The van der Waals surface area contributed by atoms with Crippen molar-refractivity contribution in [1.82, 2.24) is 4.90 Å². The molecule has 0 saturated carbocycles. The Kier molecular flexibility index (Phi) is 4.32. The molecule has 26 heavy (non-hydrogen) atoms. The normalized spacial score (nSPS) is 18.2. The molecular weight excluding hydrogens is 332 g/mol. The van der Waals surface area contributed by atoms with E-state index in [1.165, 1.54) is 0 Å². The SMILES string of the molecule is CCCN1C(=O)c2ccccc2N[C@@H]1c1cc(OC)c2c(c1)OCCO2. The van der Waals surface area contributed by atoms with Gasteiger partial charge in [-0.15, -0.1) is 0 Å². The molecule has 0 unspecified atom stereocenters. The molecule has 1 atom stereocenters. The van der Waals surface area contributed by atoms with E-state index in [0.29, 0.717) is 42.6 Å². The van der Waals surface area contributed by atoms with Crippen molar-refractivity contribution in [2.45, 2.75) is 19.5 Å². The van der Waals surface area contributed by atoms with E-state index in [1.54, 1.807) is 7.11 Å². The van der Waals surface area contributed by atoms with Crippen LogP contribution in [-0.4, -0.2) is 37.7 Å². The Morgan fingerprint density at radius 1 is 1.23 bits per heavy atom. The summed E-state index contributed by atoms with van der Waals surface area (Å²) in [6.07, 6.45) is 0.579. The molecule has 0 fully saturated rings. The summed E-state index contributed by atoms with van der Waals surface area (Å²) in [5.74, 6) is 1.91. The van der Waals surface area contributed by atoms with Crippen LogP contribution in [0.2, 0.25) is 0 Å². The third kappa shape index (κ3) is 2.71. The number of hydrogen-bond acceptors (Lipinski definition) is 5. The summed E-state index contributed by atoms with van der Waals surface area (Å²) in [6.45, 7) is 3.72. The zero-order valence-electron chi connectivity index (χ0n) is 15.0. The van der Waals surface area contributed by atoms with Crippen molar-refractivity contribution in [3.8, 4) is 17.2 Å². The Hall–Kier alpha value is -2.89. The number of amides is 1. The Morgan fingerprint density at radius 2 is 2.04 bits per heavy atom. The topological polar surface area (TPSA) is 60.0 Å². The smallest absolute Gasteiger partial charge is 0.257 e. The van der Waals surface area contributed by atoms with Gasteiger partial charge in [-0.1, -0.05) is 19.1 Å². The van der Waals surface area contributed by atoms with Crippen LogP contribution in [-0.2, 0) is 0 Å². The summed E-state index contributed by atoms with van der Waals surface area (Å²) in [5, 5.41) is 3.49. The second kappa shape index (κ2) is 6.78. The van der Waals surface area contributed by atoms with Gasteiger partial charge in [0.05, 0.1) is 12.7 Å². The monoisotopic (exact) mass is 354 g/mol. The van der Waals surface area contributed by atoms with Gasteiger partial charge in [-0.25, -0.2) is 0 Å². The third-order valence-electron chi connectivity index (χ3n) is 4.65. The number of para-hydroxylation sites is 1. The van der Waals surface area contributed by atoms with Gasteiger partial charge in [0.2, 0.25) is 5.75 Å². The van der Waals surface area contributed by atoms with E-state index >= 15 is 0 Å². The number of nitrogens with one attached hydrogen (secondary N) is 1. The number of carbonyl (C=O) groups is 1. The van der Waals surface area contributed by atoms with E-state index in [9.17, 15) is 4.79 Å². The minimum absolute atomic E-state index is 0.0278. The van der Waals surface area contributed by atoms with E-state index in [2.05, 4.69) is 12.2 Å². The van der Waals surface area contributed by atoms with Gasteiger partial charge in [0.25, 0.3) is 5.91 Å². The molecule has 136 valence electrons. The highest BCUT2D eigenvalue weighted by Gasteiger charge is 2.33. The number of nitrogens with zero attached hydrogens (tertiary/aromatic N) is 1. The van der Waals surface area contributed by atoms with Gasteiger partial charge in [0, 0.05) is 17.8 Å².